The molecule has 0 bridgehead atoms. The van der Waals surface area contributed by atoms with Crippen molar-refractivity contribution >= 4 is 12.2 Å². The van der Waals surface area contributed by atoms with Gasteiger partial charge >= 0.3 is 0 Å². The number of rotatable bonds is 17. The van der Waals surface area contributed by atoms with E-state index in [2.05, 4.69) is 23.8 Å². The van der Waals surface area contributed by atoms with Crippen LogP contribution in [0.4, 0.5) is 0 Å². The van der Waals surface area contributed by atoms with Gasteiger partial charge in [0.05, 0.1) is 13.1 Å². The molecule has 4 heteroatoms. The number of isocyanates is 2. The molecule has 0 aliphatic carbocycles. The van der Waals surface area contributed by atoms with E-state index >= 15 is 0 Å². The summed E-state index contributed by atoms with van der Waals surface area (Å²) < 4.78 is 0. The number of nitrogens with zero attached hydrogens (tertiary/aromatic N) is 2. The Balaban J connectivity index is 0. The van der Waals surface area contributed by atoms with Crippen molar-refractivity contribution < 1.29 is 9.59 Å². The second-order valence-corrected chi connectivity index (χ2v) is 6.54. The Labute approximate surface area is 155 Å². The highest BCUT2D eigenvalue weighted by molar-refractivity contribution is 5.32. The molecule has 0 aromatic heterocycles. The third kappa shape index (κ3) is 31.1. The van der Waals surface area contributed by atoms with Crippen molar-refractivity contribution in [2.75, 3.05) is 13.1 Å². The molecule has 0 aromatic rings. The standard InChI is InChI=1S/C11H21NO.C10H19NO/c1-2-3-4-5-6-7-8-9-10-12-11-13;1-2-3-4-5-6-7-8-9-11-10-12/h2-10H2,1H3;2-9H2,1H3. The minimum atomic E-state index is 0.664. The Morgan fingerprint density at radius 2 is 0.760 bits per heavy atom. The maximum absolute atomic E-state index is 9.72. The van der Waals surface area contributed by atoms with Gasteiger partial charge in [0, 0.05) is 0 Å². The van der Waals surface area contributed by atoms with Gasteiger partial charge in [-0.1, -0.05) is 97.3 Å². The fraction of sp³-hybridized carbons (Fsp3) is 0.905. The van der Waals surface area contributed by atoms with E-state index < -0.39 is 0 Å². The molecule has 0 unspecified atom stereocenters. The Morgan fingerprint density at radius 3 is 1.04 bits per heavy atom. The first-order chi connectivity index (χ1) is 12.3. The molecule has 0 amide bonds. The minimum absolute atomic E-state index is 0.664. The zero-order chi connectivity index (χ0) is 18.8. The monoisotopic (exact) mass is 352 g/mol. The average molecular weight is 353 g/mol. The van der Waals surface area contributed by atoms with Crippen molar-refractivity contribution in [2.45, 2.75) is 110 Å². The van der Waals surface area contributed by atoms with Crippen LogP contribution in [-0.4, -0.2) is 25.2 Å². The summed E-state index contributed by atoms with van der Waals surface area (Å²) in [7, 11) is 0. The maximum Gasteiger partial charge on any atom is 0.234 e. The van der Waals surface area contributed by atoms with Gasteiger partial charge < -0.3 is 0 Å². The number of unbranched alkanes of at least 4 members (excludes halogenated alkanes) is 13. The lowest BCUT2D eigenvalue weighted by molar-refractivity contribution is 0.558. The van der Waals surface area contributed by atoms with Crippen LogP contribution < -0.4 is 0 Å². The Bertz CT molecular complexity index is 333. The van der Waals surface area contributed by atoms with E-state index in [0.717, 1.165) is 12.8 Å². The van der Waals surface area contributed by atoms with Crippen molar-refractivity contribution in [3.63, 3.8) is 0 Å². The molecule has 4 nitrogen and oxygen atoms in total. The van der Waals surface area contributed by atoms with Gasteiger partial charge in [-0.2, -0.15) is 0 Å². The van der Waals surface area contributed by atoms with E-state index in [0.29, 0.717) is 13.1 Å². The molecule has 0 rings (SSSR count). The topological polar surface area (TPSA) is 58.9 Å². The molecule has 0 radical (unpaired) electrons. The van der Waals surface area contributed by atoms with Crippen LogP contribution in [0.25, 0.3) is 0 Å². The summed E-state index contributed by atoms with van der Waals surface area (Å²) in [4.78, 5) is 26.4. The third-order valence-electron chi connectivity index (χ3n) is 4.13. The molecule has 0 saturated heterocycles. The van der Waals surface area contributed by atoms with Crippen LogP contribution in [0.3, 0.4) is 0 Å². The fourth-order valence-corrected chi connectivity index (χ4v) is 2.56. The highest BCUT2D eigenvalue weighted by atomic mass is 16.1. The lowest BCUT2D eigenvalue weighted by Gasteiger charge is -1.98. The van der Waals surface area contributed by atoms with Crippen LogP contribution in [0.2, 0.25) is 0 Å². The first-order valence-corrected chi connectivity index (χ1v) is 10.4. The molecule has 0 heterocycles. The summed E-state index contributed by atoms with van der Waals surface area (Å²) in [5.41, 5.74) is 0. The Kier molecular flexibility index (Phi) is 28.7. The molecule has 0 saturated carbocycles. The zero-order valence-corrected chi connectivity index (χ0v) is 16.7. The molecule has 0 aromatic carbocycles. The van der Waals surface area contributed by atoms with Gasteiger partial charge in [0.1, 0.15) is 0 Å². The molecule has 0 spiro atoms. The molecule has 0 aliphatic heterocycles. The van der Waals surface area contributed by atoms with Gasteiger partial charge in [0.15, 0.2) is 0 Å². The Hall–Kier alpha value is -1.24. The van der Waals surface area contributed by atoms with Crippen LogP contribution in [0, 0.1) is 0 Å². The largest absolute Gasteiger partial charge is 0.234 e. The normalized spacial score (nSPS) is 9.52. The van der Waals surface area contributed by atoms with E-state index in [1.54, 1.807) is 12.2 Å². The molecule has 0 N–H and O–H groups in total. The van der Waals surface area contributed by atoms with E-state index in [-0.39, 0.29) is 0 Å². The predicted octanol–water partition coefficient (Wildman–Crippen LogP) is 6.54. The summed E-state index contributed by atoms with van der Waals surface area (Å²) in [6, 6.07) is 0. The van der Waals surface area contributed by atoms with Crippen molar-refractivity contribution in [2.24, 2.45) is 9.98 Å². The van der Waals surface area contributed by atoms with Gasteiger partial charge in [-0.3, -0.25) is 0 Å². The van der Waals surface area contributed by atoms with Gasteiger partial charge in [0.2, 0.25) is 12.2 Å². The minimum Gasteiger partial charge on any atom is -0.211 e. The maximum atomic E-state index is 9.72. The van der Waals surface area contributed by atoms with E-state index in [1.165, 1.54) is 83.5 Å². The highest BCUT2D eigenvalue weighted by Crippen LogP contribution is 2.08. The lowest BCUT2D eigenvalue weighted by atomic mass is 10.1. The fourth-order valence-electron chi connectivity index (χ4n) is 2.56. The average Bonchev–Trinajstić information content (AvgIpc) is 2.63. The van der Waals surface area contributed by atoms with Crippen molar-refractivity contribution in [1.29, 1.82) is 0 Å². The highest BCUT2D eigenvalue weighted by Gasteiger charge is 1.90. The van der Waals surface area contributed by atoms with Crippen molar-refractivity contribution in [3.8, 4) is 0 Å². The Morgan fingerprint density at radius 1 is 0.480 bits per heavy atom. The smallest absolute Gasteiger partial charge is 0.211 e. The van der Waals surface area contributed by atoms with Gasteiger partial charge in [-0.15, -0.1) is 0 Å². The summed E-state index contributed by atoms with van der Waals surface area (Å²) in [5, 5.41) is 0. The van der Waals surface area contributed by atoms with Crippen LogP contribution in [0.1, 0.15) is 110 Å². The molecule has 146 valence electrons. The van der Waals surface area contributed by atoms with Crippen LogP contribution in [0.5, 0.6) is 0 Å². The summed E-state index contributed by atoms with van der Waals surface area (Å²) in [6.45, 7) is 5.78. The quantitative estimate of drug-likeness (QED) is 0.170. The summed E-state index contributed by atoms with van der Waals surface area (Å²) in [5.74, 6) is 0. The summed E-state index contributed by atoms with van der Waals surface area (Å²) >= 11 is 0. The molecular formula is C21H40N2O2. The predicted molar refractivity (Wildman–Crippen MR) is 107 cm³/mol. The number of hydrogen-bond donors (Lipinski definition) is 0. The van der Waals surface area contributed by atoms with Crippen LogP contribution in [0.15, 0.2) is 9.98 Å². The molecule has 25 heavy (non-hydrogen) atoms. The van der Waals surface area contributed by atoms with Gasteiger partial charge in [-0.05, 0) is 12.8 Å². The van der Waals surface area contributed by atoms with Crippen molar-refractivity contribution in [3.05, 3.63) is 0 Å². The molecule has 0 aliphatic rings. The van der Waals surface area contributed by atoms with Gasteiger partial charge in [0.25, 0.3) is 0 Å². The van der Waals surface area contributed by atoms with Crippen LogP contribution in [-0.2, 0) is 9.59 Å². The number of hydrogen-bond acceptors (Lipinski definition) is 4. The number of carbonyl (C=O) groups excluding carboxylic acids is 2. The van der Waals surface area contributed by atoms with E-state index in [4.69, 9.17) is 0 Å². The molecule has 0 fully saturated rings. The second-order valence-electron chi connectivity index (χ2n) is 6.54. The lowest BCUT2D eigenvalue weighted by Crippen LogP contribution is -1.83. The third-order valence-corrected chi connectivity index (χ3v) is 4.13. The van der Waals surface area contributed by atoms with Crippen molar-refractivity contribution in [1.82, 2.24) is 0 Å². The van der Waals surface area contributed by atoms with Gasteiger partial charge in [-0.25, -0.2) is 19.6 Å². The molecule has 0 atom stereocenters. The SMILES string of the molecule is CCCCCCCCCCN=C=O.CCCCCCCCCN=C=O. The summed E-state index contributed by atoms with van der Waals surface area (Å²) in [6.07, 6.45) is 22.3. The zero-order valence-electron chi connectivity index (χ0n) is 16.7. The van der Waals surface area contributed by atoms with E-state index in [1.807, 2.05) is 0 Å². The van der Waals surface area contributed by atoms with Crippen LogP contribution >= 0.6 is 0 Å². The molecular weight excluding hydrogens is 312 g/mol. The first-order valence-electron chi connectivity index (χ1n) is 10.4. The van der Waals surface area contributed by atoms with E-state index in [9.17, 15) is 9.59 Å². The second kappa shape index (κ2) is 27.6. The first kappa shape index (κ1) is 26.0. The number of aliphatic imine (C=N–C) groups is 2.